The maximum absolute atomic E-state index is 13.1. The van der Waals surface area contributed by atoms with Gasteiger partial charge < -0.3 is 10.4 Å². The molecule has 0 aliphatic heterocycles. The summed E-state index contributed by atoms with van der Waals surface area (Å²) in [7, 11) is 0. The van der Waals surface area contributed by atoms with Crippen LogP contribution in [0.5, 0.6) is 0 Å². The number of hydrogen-bond donors (Lipinski definition) is 2. The van der Waals surface area contributed by atoms with Crippen LogP contribution in [-0.4, -0.2) is 28.8 Å². The molecule has 4 heteroatoms. The second kappa shape index (κ2) is 3.85. The Hall–Kier alpha value is -0.640. The van der Waals surface area contributed by atoms with Crippen LogP contribution < -0.4 is 5.32 Å². The molecular weight excluding hydrogens is 185 g/mol. The van der Waals surface area contributed by atoms with Gasteiger partial charge in [0, 0.05) is 18.9 Å². The molecule has 0 heterocycles. The van der Waals surface area contributed by atoms with Crippen molar-refractivity contribution in [2.24, 2.45) is 5.92 Å². The van der Waals surface area contributed by atoms with Gasteiger partial charge in [-0.05, 0) is 12.8 Å². The second-order valence-corrected chi connectivity index (χ2v) is 4.72. The van der Waals surface area contributed by atoms with Crippen LogP contribution in [0.15, 0.2) is 0 Å². The van der Waals surface area contributed by atoms with Crippen molar-refractivity contribution in [1.29, 1.82) is 0 Å². The van der Waals surface area contributed by atoms with E-state index in [0.717, 1.165) is 0 Å². The molecule has 1 aliphatic rings. The fourth-order valence-corrected chi connectivity index (χ4v) is 1.66. The number of carbonyl (C=O) groups is 1. The van der Waals surface area contributed by atoms with Gasteiger partial charge in [0.05, 0.1) is 0 Å². The van der Waals surface area contributed by atoms with Crippen molar-refractivity contribution in [3.8, 4) is 0 Å². The summed E-state index contributed by atoms with van der Waals surface area (Å²) in [4.78, 5) is 11.3. The van der Waals surface area contributed by atoms with Crippen LogP contribution in [0, 0.1) is 5.92 Å². The molecule has 1 fully saturated rings. The molecule has 0 bridgehead atoms. The minimum absolute atomic E-state index is 0.105. The summed E-state index contributed by atoms with van der Waals surface area (Å²) < 4.78 is 13.1. The van der Waals surface area contributed by atoms with E-state index in [1.807, 2.05) is 0 Å². The molecule has 1 saturated carbocycles. The SMILES string of the molecule is CC(C)[C@H](O)C(=O)NC1CC(C)(F)C1. The van der Waals surface area contributed by atoms with Gasteiger partial charge in [-0.15, -0.1) is 0 Å². The Morgan fingerprint density at radius 2 is 2.07 bits per heavy atom. The van der Waals surface area contributed by atoms with Crippen molar-refractivity contribution in [3.63, 3.8) is 0 Å². The summed E-state index contributed by atoms with van der Waals surface area (Å²) in [5.41, 5.74) is -1.14. The number of carbonyl (C=O) groups excluding carboxylic acids is 1. The Bertz CT molecular complexity index is 220. The number of aliphatic hydroxyl groups excluding tert-OH is 1. The second-order valence-electron chi connectivity index (χ2n) is 4.72. The molecule has 1 atom stereocenters. The first-order valence-corrected chi connectivity index (χ1v) is 4.99. The minimum atomic E-state index is -1.14. The van der Waals surface area contributed by atoms with Crippen LogP contribution in [0.2, 0.25) is 0 Å². The molecule has 1 aliphatic carbocycles. The van der Waals surface area contributed by atoms with E-state index in [1.165, 1.54) is 6.92 Å². The molecule has 0 saturated heterocycles. The van der Waals surface area contributed by atoms with E-state index in [1.54, 1.807) is 13.8 Å². The summed E-state index contributed by atoms with van der Waals surface area (Å²) in [6.45, 7) is 5.06. The number of nitrogens with one attached hydrogen (secondary N) is 1. The Balaban J connectivity index is 2.29. The van der Waals surface area contributed by atoms with Crippen molar-refractivity contribution in [3.05, 3.63) is 0 Å². The fourth-order valence-electron chi connectivity index (χ4n) is 1.66. The molecule has 0 spiro atoms. The van der Waals surface area contributed by atoms with Crippen molar-refractivity contribution in [2.75, 3.05) is 0 Å². The van der Waals surface area contributed by atoms with Gasteiger partial charge >= 0.3 is 0 Å². The van der Waals surface area contributed by atoms with Crippen molar-refractivity contribution < 1.29 is 14.3 Å². The average Bonchev–Trinajstić information content (AvgIpc) is 1.99. The molecule has 3 nitrogen and oxygen atoms in total. The van der Waals surface area contributed by atoms with Crippen LogP contribution >= 0.6 is 0 Å². The summed E-state index contributed by atoms with van der Waals surface area (Å²) in [6.07, 6.45) is -0.283. The third-order valence-corrected chi connectivity index (χ3v) is 2.59. The first-order chi connectivity index (χ1) is 6.32. The number of alkyl halides is 1. The third kappa shape index (κ3) is 2.67. The summed E-state index contributed by atoms with van der Waals surface area (Å²) in [5.74, 6) is -0.493. The topological polar surface area (TPSA) is 49.3 Å². The van der Waals surface area contributed by atoms with Crippen molar-refractivity contribution in [1.82, 2.24) is 5.32 Å². The quantitative estimate of drug-likeness (QED) is 0.719. The van der Waals surface area contributed by atoms with E-state index < -0.39 is 11.8 Å². The molecule has 14 heavy (non-hydrogen) atoms. The van der Waals surface area contributed by atoms with Gasteiger partial charge in [-0.25, -0.2) is 4.39 Å². The standard InChI is InChI=1S/C10H18FNO2/c1-6(2)8(13)9(14)12-7-4-10(3,11)5-7/h6-8,13H,4-5H2,1-3H3,(H,12,14)/t7?,8-,10?/m0/s1. The molecule has 0 aromatic rings. The summed E-state index contributed by atoms with van der Waals surface area (Å²) in [5, 5.41) is 12.0. The zero-order valence-electron chi connectivity index (χ0n) is 8.88. The van der Waals surface area contributed by atoms with Gasteiger partial charge in [0.15, 0.2) is 0 Å². The van der Waals surface area contributed by atoms with E-state index in [9.17, 15) is 14.3 Å². The Labute approximate surface area is 83.7 Å². The van der Waals surface area contributed by atoms with E-state index in [0.29, 0.717) is 12.8 Å². The Morgan fingerprint density at radius 3 is 2.43 bits per heavy atom. The molecule has 2 N–H and O–H groups in total. The van der Waals surface area contributed by atoms with Gasteiger partial charge in [0.2, 0.25) is 5.91 Å². The monoisotopic (exact) mass is 203 g/mol. The number of aliphatic hydroxyl groups is 1. The highest BCUT2D eigenvalue weighted by Crippen LogP contribution is 2.35. The predicted molar refractivity (Wildman–Crippen MR) is 51.5 cm³/mol. The molecular formula is C10H18FNO2. The van der Waals surface area contributed by atoms with Crippen molar-refractivity contribution in [2.45, 2.75) is 51.4 Å². The Morgan fingerprint density at radius 1 is 1.57 bits per heavy atom. The molecule has 0 aromatic heterocycles. The summed E-state index contributed by atoms with van der Waals surface area (Å²) >= 11 is 0. The number of rotatable bonds is 3. The maximum atomic E-state index is 13.1. The van der Waals surface area contributed by atoms with Gasteiger partial charge in [0.1, 0.15) is 11.8 Å². The molecule has 0 aromatic carbocycles. The van der Waals surface area contributed by atoms with Crippen LogP contribution in [0.1, 0.15) is 33.6 Å². The smallest absolute Gasteiger partial charge is 0.249 e. The minimum Gasteiger partial charge on any atom is -0.383 e. The van der Waals surface area contributed by atoms with Gasteiger partial charge in [-0.1, -0.05) is 13.8 Å². The number of hydrogen-bond acceptors (Lipinski definition) is 2. The Kier molecular flexibility index (Phi) is 3.14. The van der Waals surface area contributed by atoms with E-state index in [4.69, 9.17) is 0 Å². The highest BCUT2D eigenvalue weighted by Gasteiger charge is 2.41. The fraction of sp³-hybridized carbons (Fsp3) is 0.900. The third-order valence-electron chi connectivity index (χ3n) is 2.59. The maximum Gasteiger partial charge on any atom is 0.249 e. The number of halogens is 1. The number of amides is 1. The van der Waals surface area contributed by atoms with Crippen LogP contribution in [-0.2, 0) is 4.79 Å². The molecule has 1 amide bonds. The van der Waals surface area contributed by atoms with Crippen LogP contribution in [0.3, 0.4) is 0 Å². The van der Waals surface area contributed by atoms with E-state index >= 15 is 0 Å². The predicted octanol–water partition coefficient (Wildman–Crippen LogP) is 1.01. The highest BCUT2D eigenvalue weighted by molar-refractivity contribution is 5.81. The molecule has 0 unspecified atom stereocenters. The lowest BCUT2D eigenvalue weighted by Crippen LogP contribution is -2.53. The van der Waals surface area contributed by atoms with E-state index in [2.05, 4.69) is 5.32 Å². The van der Waals surface area contributed by atoms with Crippen LogP contribution in [0.4, 0.5) is 4.39 Å². The van der Waals surface area contributed by atoms with E-state index in [-0.39, 0.29) is 17.9 Å². The zero-order valence-corrected chi connectivity index (χ0v) is 8.88. The van der Waals surface area contributed by atoms with Crippen LogP contribution in [0.25, 0.3) is 0 Å². The highest BCUT2D eigenvalue weighted by atomic mass is 19.1. The largest absolute Gasteiger partial charge is 0.383 e. The van der Waals surface area contributed by atoms with Gasteiger partial charge in [-0.3, -0.25) is 4.79 Å². The average molecular weight is 203 g/mol. The molecule has 1 rings (SSSR count). The lowest BCUT2D eigenvalue weighted by Gasteiger charge is -2.39. The first kappa shape index (κ1) is 11.4. The molecule has 82 valence electrons. The zero-order chi connectivity index (χ0) is 10.9. The lowest BCUT2D eigenvalue weighted by molar-refractivity contribution is -0.133. The first-order valence-electron chi connectivity index (χ1n) is 4.99. The van der Waals surface area contributed by atoms with Crippen molar-refractivity contribution >= 4 is 5.91 Å². The van der Waals surface area contributed by atoms with Gasteiger partial charge in [-0.2, -0.15) is 0 Å². The summed E-state index contributed by atoms with van der Waals surface area (Å²) in [6, 6.07) is -0.106. The normalized spacial score (nSPS) is 33.7. The van der Waals surface area contributed by atoms with Gasteiger partial charge in [0.25, 0.3) is 0 Å². The molecule has 0 radical (unpaired) electrons. The lowest BCUT2D eigenvalue weighted by atomic mass is 9.78.